The first-order valence-corrected chi connectivity index (χ1v) is 10.5. The number of hydrogen-bond donors (Lipinski definition) is 2. The normalized spacial score (nSPS) is 15.0. The highest BCUT2D eigenvalue weighted by atomic mass is 35.5. The molecular formula is C20H27Cl2N5O3. The van der Waals surface area contributed by atoms with Crippen molar-refractivity contribution in [1.29, 1.82) is 5.53 Å². The number of halogens is 2. The molecule has 3 N–H and O–H groups in total. The Balaban J connectivity index is 1.74. The molecule has 0 unspecified atom stereocenters. The lowest BCUT2D eigenvalue weighted by molar-refractivity contribution is -0.132. The van der Waals surface area contributed by atoms with Crippen LogP contribution in [0.4, 0.5) is 4.79 Å². The molecule has 0 atom stereocenters. The van der Waals surface area contributed by atoms with Gasteiger partial charge in [-0.05, 0) is 49.4 Å². The average molecular weight is 456 g/mol. The first kappa shape index (κ1) is 24.0. The van der Waals surface area contributed by atoms with Gasteiger partial charge in [-0.15, -0.1) is 0 Å². The number of ether oxygens (including phenoxy) is 1. The summed E-state index contributed by atoms with van der Waals surface area (Å²) in [5.74, 6) is 0.0372. The van der Waals surface area contributed by atoms with Crippen LogP contribution in [0.5, 0.6) is 0 Å². The molecule has 0 aromatic heterocycles. The van der Waals surface area contributed by atoms with E-state index in [1.54, 1.807) is 35.0 Å². The molecule has 8 nitrogen and oxygen atoms in total. The van der Waals surface area contributed by atoms with Gasteiger partial charge in [0.25, 0.3) is 0 Å². The van der Waals surface area contributed by atoms with Crippen molar-refractivity contribution >= 4 is 35.2 Å². The molecule has 2 amide bonds. The molecule has 30 heavy (non-hydrogen) atoms. The van der Waals surface area contributed by atoms with E-state index in [0.29, 0.717) is 60.9 Å². The number of piperidine rings is 1. The molecule has 10 heteroatoms. The van der Waals surface area contributed by atoms with E-state index in [1.165, 1.54) is 6.20 Å². The third-order valence-corrected chi connectivity index (χ3v) is 5.54. The van der Waals surface area contributed by atoms with E-state index in [4.69, 9.17) is 39.2 Å². The van der Waals surface area contributed by atoms with E-state index in [-0.39, 0.29) is 18.6 Å². The summed E-state index contributed by atoms with van der Waals surface area (Å²) in [5, 5.41) is 4.29. The van der Waals surface area contributed by atoms with Crippen molar-refractivity contribution in [2.75, 3.05) is 20.1 Å². The maximum atomic E-state index is 12.4. The summed E-state index contributed by atoms with van der Waals surface area (Å²) in [6.45, 7) is 1.14. The van der Waals surface area contributed by atoms with E-state index < -0.39 is 6.09 Å². The van der Waals surface area contributed by atoms with Gasteiger partial charge in [0.1, 0.15) is 6.61 Å². The van der Waals surface area contributed by atoms with Crippen LogP contribution in [-0.4, -0.2) is 48.0 Å². The zero-order valence-corrected chi connectivity index (χ0v) is 18.5. The monoisotopic (exact) mass is 455 g/mol. The standard InChI is InChI=1S/C20H27Cl2N5O3/c1-26(19(28)4-2-3-17(12-23)25-24)18-5-7-27(8-6-18)20(29)30-13-14-9-15(21)11-16(22)10-14/h9-12,18,24H,2-8,13,23H2,1H3/b17-12-,25-24?. The van der Waals surface area contributed by atoms with E-state index in [1.807, 2.05) is 0 Å². The summed E-state index contributed by atoms with van der Waals surface area (Å²) in [7, 11) is 1.79. The molecule has 1 fully saturated rings. The summed E-state index contributed by atoms with van der Waals surface area (Å²) in [4.78, 5) is 28.1. The predicted molar refractivity (Wildman–Crippen MR) is 115 cm³/mol. The third-order valence-electron chi connectivity index (χ3n) is 5.11. The summed E-state index contributed by atoms with van der Waals surface area (Å²) in [5.41, 5.74) is 13.5. The van der Waals surface area contributed by atoms with Crippen molar-refractivity contribution in [2.24, 2.45) is 10.8 Å². The Morgan fingerprint density at radius 1 is 1.27 bits per heavy atom. The van der Waals surface area contributed by atoms with Crippen molar-refractivity contribution in [3.05, 3.63) is 45.7 Å². The molecule has 0 spiro atoms. The second kappa shape index (κ2) is 11.8. The summed E-state index contributed by atoms with van der Waals surface area (Å²) < 4.78 is 5.37. The molecule has 0 saturated carbocycles. The molecular weight excluding hydrogens is 429 g/mol. The second-order valence-electron chi connectivity index (χ2n) is 7.18. The van der Waals surface area contributed by atoms with Crippen LogP contribution in [0.3, 0.4) is 0 Å². The van der Waals surface area contributed by atoms with Crippen LogP contribution in [0, 0.1) is 5.53 Å². The van der Waals surface area contributed by atoms with Gasteiger partial charge in [-0.3, -0.25) is 4.79 Å². The molecule has 1 aromatic carbocycles. The summed E-state index contributed by atoms with van der Waals surface area (Å²) >= 11 is 11.9. The third kappa shape index (κ3) is 7.18. The topological polar surface area (TPSA) is 112 Å². The van der Waals surface area contributed by atoms with Crippen molar-refractivity contribution in [2.45, 2.75) is 44.8 Å². The van der Waals surface area contributed by atoms with Gasteiger partial charge in [-0.1, -0.05) is 23.2 Å². The van der Waals surface area contributed by atoms with Crippen LogP contribution in [0.1, 0.15) is 37.7 Å². The molecule has 2 rings (SSSR count). The molecule has 0 bridgehead atoms. The molecule has 0 aliphatic carbocycles. The predicted octanol–water partition coefficient (Wildman–Crippen LogP) is 4.55. The number of hydrogen-bond acceptors (Lipinski definition) is 6. The number of amides is 2. The van der Waals surface area contributed by atoms with Gasteiger partial charge in [0.2, 0.25) is 5.91 Å². The van der Waals surface area contributed by atoms with Gasteiger partial charge >= 0.3 is 6.09 Å². The minimum atomic E-state index is -0.390. The van der Waals surface area contributed by atoms with Crippen LogP contribution >= 0.6 is 23.2 Å². The van der Waals surface area contributed by atoms with Crippen molar-refractivity contribution in [3.8, 4) is 0 Å². The Labute approximate surface area is 186 Å². The zero-order chi connectivity index (χ0) is 22.1. The Morgan fingerprint density at radius 2 is 1.90 bits per heavy atom. The maximum Gasteiger partial charge on any atom is 0.410 e. The van der Waals surface area contributed by atoms with E-state index >= 15 is 0 Å². The van der Waals surface area contributed by atoms with Crippen LogP contribution in [0.15, 0.2) is 35.2 Å². The first-order chi connectivity index (χ1) is 14.3. The molecule has 0 radical (unpaired) electrons. The number of likely N-dealkylation sites (tertiary alicyclic amines) is 1. The SMILES string of the molecule is CN(C(=O)CCC/C(=C/N)N=N)C1CCN(C(=O)OCc2cc(Cl)cc(Cl)c2)CC1. The quantitative estimate of drug-likeness (QED) is 0.559. The van der Waals surface area contributed by atoms with Crippen molar-refractivity contribution in [1.82, 2.24) is 9.80 Å². The summed E-state index contributed by atoms with van der Waals surface area (Å²) in [6, 6.07) is 5.12. The van der Waals surface area contributed by atoms with E-state index in [2.05, 4.69) is 5.11 Å². The van der Waals surface area contributed by atoms with Crippen LogP contribution in [0.25, 0.3) is 0 Å². The van der Waals surface area contributed by atoms with Crippen molar-refractivity contribution < 1.29 is 14.3 Å². The lowest BCUT2D eigenvalue weighted by Crippen LogP contribution is -2.47. The zero-order valence-electron chi connectivity index (χ0n) is 16.9. The average Bonchev–Trinajstić information content (AvgIpc) is 2.74. The molecule has 1 heterocycles. The number of nitrogens with two attached hydrogens (primary N) is 1. The van der Waals surface area contributed by atoms with Gasteiger partial charge in [-0.2, -0.15) is 5.11 Å². The maximum absolute atomic E-state index is 12.4. The van der Waals surface area contributed by atoms with E-state index in [0.717, 1.165) is 5.56 Å². The molecule has 164 valence electrons. The Morgan fingerprint density at radius 3 is 2.47 bits per heavy atom. The highest BCUT2D eigenvalue weighted by Gasteiger charge is 2.28. The molecule has 1 aliphatic rings. The number of nitrogens with one attached hydrogen (secondary N) is 1. The van der Waals surface area contributed by atoms with Crippen LogP contribution in [-0.2, 0) is 16.1 Å². The number of allylic oxidation sites excluding steroid dienone is 1. The number of nitrogens with zero attached hydrogens (tertiary/aromatic N) is 3. The Hall–Kier alpha value is -2.32. The van der Waals surface area contributed by atoms with Gasteiger partial charge < -0.3 is 20.3 Å². The first-order valence-electron chi connectivity index (χ1n) is 9.74. The van der Waals surface area contributed by atoms with Crippen molar-refractivity contribution in [3.63, 3.8) is 0 Å². The number of benzene rings is 1. The lowest BCUT2D eigenvalue weighted by Gasteiger charge is -2.36. The summed E-state index contributed by atoms with van der Waals surface area (Å²) in [6.07, 6.45) is 3.74. The van der Waals surface area contributed by atoms with Gasteiger partial charge in [0.15, 0.2) is 0 Å². The van der Waals surface area contributed by atoms with Gasteiger partial charge in [0.05, 0.1) is 5.70 Å². The highest BCUT2D eigenvalue weighted by Crippen LogP contribution is 2.21. The lowest BCUT2D eigenvalue weighted by atomic mass is 10.0. The fourth-order valence-electron chi connectivity index (χ4n) is 3.34. The number of carbonyl (C=O) groups excluding carboxylic acids is 2. The minimum absolute atomic E-state index is 0.0372. The van der Waals surface area contributed by atoms with Gasteiger partial charge in [0, 0.05) is 48.8 Å². The Bertz CT molecular complexity index is 774. The Kier molecular flexibility index (Phi) is 9.39. The van der Waals surface area contributed by atoms with Crippen LogP contribution in [0.2, 0.25) is 10.0 Å². The largest absolute Gasteiger partial charge is 0.445 e. The van der Waals surface area contributed by atoms with E-state index in [9.17, 15) is 9.59 Å². The second-order valence-corrected chi connectivity index (χ2v) is 8.05. The molecule has 1 aromatic rings. The smallest absolute Gasteiger partial charge is 0.410 e. The molecule has 1 saturated heterocycles. The molecule has 1 aliphatic heterocycles. The van der Waals surface area contributed by atoms with Crippen LogP contribution < -0.4 is 5.73 Å². The van der Waals surface area contributed by atoms with Gasteiger partial charge in [-0.25, -0.2) is 10.3 Å². The minimum Gasteiger partial charge on any atom is -0.445 e. The fraction of sp³-hybridized carbons (Fsp3) is 0.500. The fourth-order valence-corrected chi connectivity index (χ4v) is 3.91. The highest BCUT2D eigenvalue weighted by molar-refractivity contribution is 6.34. The number of rotatable bonds is 8. The number of carbonyl (C=O) groups is 2.